The van der Waals surface area contributed by atoms with Crippen molar-refractivity contribution < 1.29 is 14.7 Å². The van der Waals surface area contributed by atoms with Crippen LogP contribution in [0.1, 0.15) is 34.1 Å². The van der Waals surface area contributed by atoms with E-state index in [-0.39, 0.29) is 18.4 Å². The Bertz CT molecular complexity index is 601. The lowest BCUT2D eigenvalue weighted by molar-refractivity contribution is 0.0666. The molecule has 0 saturated carbocycles. The quantitative estimate of drug-likeness (QED) is 0.627. The van der Waals surface area contributed by atoms with Crippen molar-refractivity contribution >= 4 is 11.8 Å². The number of hydrogen-bond donors (Lipinski definition) is 2. The number of fused-ring (bicyclic) bond motifs is 1. The summed E-state index contributed by atoms with van der Waals surface area (Å²) in [6.07, 6.45) is 0.213. The summed E-state index contributed by atoms with van der Waals surface area (Å²) in [5.74, 6) is -0.502. The predicted molar refractivity (Wildman–Crippen MR) is 78.0 cm³/mol. The first kappa shape index (κ1) is 14.0. The molecule has 2 N–H and O–H groups in total. The van der Waals surface area contributed by atoms with Gasteiger partial charge < -0.3 is 10.4 Å². The molecule has 110 valence electrons. The van der Waals surface area contributed by atoms with Crippen molar-refractivity contribution in [3.05, 3.63) is 46.5 Å². The highest BCUT2D eigenvalue weighted by Crippen LogP contribution is 2.25. The molecule has 1 aromatic rings. The molecule has 1 atom stereocenters. The van der Waals surface area contributed by atoms with Gasteiger partial charge in [0.25, 0.3) is 11.8 Å². The first-order valence-electron chi connectivity index (χ1n) is 7.12. The Morgan fingerprint density at radius 3 is 2.48 bits per heavy atom. The van der Waals surface area contributed by atoms with Crippen LogP contribution in [0.15, 0.2) is 35.4 Å². The van der Waals surface area contributed by atoms with E-state index in [1.165, 1.54) is 4.90 Å². The first-order valence-corrected chi connectivity index (χ1v) is 7.12. The van der Waals surface area contributed by atoms with Crippen LogP contribution in [-0.2, 0) is 0 Å². The standard InChI is InChI=1S/C16H18N2O3/c1-10(11-6-7-17-8-14(11)19)9-18-15(20)12-4-2-3-5-13(12)16(18)21/h2-5,14,17,19H,6-9H2,1H3. The number of aliphatic hydroxyl groups is 1. The van der Waals surface area contributed by atoms with E-state index in [1.54, 1.807) is 24.3 Å². The third-order valence-electron chi connectivity index (χ3n) is 4.13. The van der Waals surface area contributed by atoms with Crippen molar-refractivity contribution in [2.45, 2.75) is 19.4 Å². The van der Waals surface area contributed by atoms with Gasteiger partial charge in [0.1, 0.15) is 0 Å². The smallest absolute Gasteiger partial charge is 0.261 e. The zero-order valence-corrected chi connectivity index (χ0v) is 11.9. The summed E-state index contributed by atoms with van der Waals surface area (Å²) in [5, 5.41) is 13.1. The monoisotopic (exact) mass is 286 g/mol. The van der Waals surface area contributed by atoms with Gasteiger partial charge in [-0.15, -0.1) is 0 Å². The van der Waals surface area contributed by atoms with Crippen LogP contribution < -0.4 is 5.32 Å². The fourth-order valence-corrected chi connectivity index (χ4v) is 2.97. The number of piperidine rings is 1. The number of nitrogens with one attached hydrogen (secondary N) is 1. The molecule has 2 amide bonds. The van der Waals surface area contributed by atoms with Gasteiger partial charge >= 0.3 is 0 Å². The maximum atomic E-state index is 12.3. The Morgan fingerprint density at radius 1 is 1.29 bits per heavy atom. The van der Waals surface area contributed by atoms with E-state index in [0.29, 0.717) is 17.7 Å². The first-order chi connectivity index (χ1) is 10.1. The highest BCUT2D eigenvalue weighted by Gasteiger charge is 2.35. The van der Waals surface area contributed by atoms with Gasteiger partial charge in [-0.05, 0) is 37.6 Å². The summed E-state index contributed by atoms with van der Waals surface area (Å²) in [6.45, 7) is 3.47. The summed E-state index contributed by atoms with van der Waals surface area (Å²) in [5.41, 5.74) is 2.76. The molecule has 1 saturated heterocycles. The number of hydrogen-bond acceptors (Lipinski definition) is 4. The second-order valence-corrected chi connectivity index (χ2v) is 5.52. The molecule has 1 aromatic carbocycles. The molecular weight excluding hydrogens is 268 g/mol. The van der Waals surface area contributed by atoms with Crippen LogP contribution in [0.2, 0.25) is 0 Å². The average molecular weight is 286 g/mol. The topological polar surface area (TPSA) is 69.6 Å². The fraction of sp³-hybridized carbons (Fsp3) is 0.375. The normalized spacial score (nSPS) is 24.3. The Hall–Kier alpha value is -1.98. The summed E-state index contributed by atoms with van der Waals surface area (Å²) in [7, 11) is 0. The van der Waals surface area contributed by atoms with Crippen molar-refractivity contribution in [1.82, 2.24) is 10.2 Å². The Labute approximate surface area is 123 Å². The van der Waals surface area contributed by atoms with Gasteiger partial charge in [-0.2, -0.15) is 0 Å². The summed E-state index contributed by atoms with van der Waals surface area (Å²) >= 11 is 0. The average Bonchev–Trinajstić information content (AvgIpc) is 2.73. The second kappa shape index (κ2) is 5.42. The Morgan fingerprint density at radius 2 is 1.90 bits per heavy atom. The van der Waals surface area contributed by atoms with Gasteiger partial charge in [-0.3, -0.25) is 14.5 Å². The predicted octanol–water partition coefficient (Wildman–Crippen LogP) is 0.953. The molecule has 2 aliphatic heterocycles. The van der Waals surface area contributed by atoms with E-state index >= 15 is 0 Å². The van der Waals surface area contributed by atoms with Crippen molar-refractivity contribution in [1.29, 1.82) is 0 Å². The third-order valence-corrected chi connectivity index (χ3v) is 4.13. The molecule has 2 heterocycles. The maximum Gasteiger partial charge on any atom is 0.261 e. The fourth-order valence-electron chi connectivity index (χ4n) is 2.97. The van der Waals surface area contributed by atoms with Crippen LogP contribution in [0.5, 0.6) is 0 Å². The summed E-state index contributed by atoms with van der Waals surface area (Å²) in [4.78, 5) is 25.9. The van der Waals surface area contributed by atoms with Crippen LogP contribution >= 0.6 is 0 Å². The Kier molecular flexibility index (Phi) is 3.61. The zero-order valence-electron chi connectivity index (χ0n) is 11.9. The zero-order chi connectivity index (χ0) is 15.0. The highest BCUT2D eigenvalue weighted by molar-refractivity contribution is 6.21. The number of β-amino-alcohol motifs (C(OH)–C–C–N with tert-alkyl or cyclic N) is 1. The molecule has 2 aliphatic rings. The van der Waals surface area contributed by atoms with E-state index in [0.717, 1.165) is 24.1 Å². The van der Waals surface area contributed by atoms with Gasteiger partial charge in [-0.1, -0.05) is 17.7 Å². The van der Waals surface area contributed by atoms with Crippen LogP contribution in [-0.4, -0.2) is 47.6 Å². The molecular formula is C16H18N2O3. The number of aliphatic hydroxyl groups excluding tert-OH is 1. The van der Waals surface area contributed by atoms with Gasteiger partial charge in [0, 0.05) is 6.54 Å². The minimum absolute atomic E-state index is 0.249. The maximum absolute atomic E-state index is 12.3. The molecule has 5 nitrogen and oxygen atoms in total. The lowest BCUT2D eigenvalue weighted by Gasteiger charge is -2.25. The largest absolute Gasteiger partial charge is 0.387 e. The highest BCUT2D eigenvalue weighted by atomic mass is 16.3. The van der Waals surface area contributed by atoms with Crippen molar-refractivity contribution in [3.63, 3.8) is 0 Å². The molecule has 1 fully saturated rings. The van der Waals surface area contributed by atoms with E-state index in [1.807, 2.05) is 6.92 Å². The van der Waals surface area contributed by atoms with Crippen molar-refractivity contribution in [2.75, 3.05) is 19.6 Å². The summed E-state index contributed by atoms with van der Waals surface area (Å²) in [6, 6.07) is 6.87. The number of benzene rings is 1. The molecule has 0 bridgehead atoms. The van der Waals surface area contributed by atoms with E-state index in [2.05, 4.69) is 5.32 Å². The van der Waals surface area contributed by atoms with E-state index in [4.69, 9.17) is 0 Å². The number of carbonyl (C=O) groups excluding carboxylic acids is 2. The number of amides is 2. The van der Waals surface area contributed by atoms with Crippen LogP contribution in [0.4, 0.5) is 0 Å². The SMILES string of the molecule is CC(CN1C(=O)c2ccccc2C1=O)=C1CCNCC1O. The van der Waals surface area contributed by atoms with Crippen LogP contribution in [0.3, 0.4) is 0 Å². The molecule has 0 spiro atoms. The minimum Gasteiger partial charge on any atom is -0.387 e. The minimum atomic E-state index is -0.533. The van der Waals surface area contributed by atoms with Gasteiger partial charge in [0.2, 0.25) is 0 Å². The number of nitrogens with zero attached hydrogens (tertiary/aromatic N) is 1. The number of imide groups is 1. The Balaban J connectivity index is 1.85. The third kappa shape index (κ3) is 2.39. The second-order valence-electron chi connectivity index (χ2n) is 5.52. The molecule has 0 radical (unpaired) electrons. The van der Waals surface area contributed by atoms with Crippen LogP contribution in [0.25, 0.3) is 0 Å². The number of carbonyl (C=O) groups is 2. The summed E-state index contributed by atoms with van der Waals surface area (Å²) < 4.78 is 0. The van der Waals surface area contributed by atoms with Crippen LogP contribution in [0, 0.1) is 0 Å². The van der Waals surface area contributed by atoms with E-state index in [9.17, 15) is 14.7 Å². The van der Waals surface area contributed by atoms with Gasteiger partial charge in [-0.25, -0.2) is 0 Å². The molecule has 5 heteroatoms. The van der Waals surface area contributed by atoms with Gasteiger partial charge in [0.15, 0.2) is 0 Å². The lowest BCUT2D eigenvalue weighted by atomic mass is 9.97. The molecule has 0 aliphatic carbocycles. The molecule has 3 rings (SSSR count). The van der Waals surface area contributed by atoms with Crippen molar-refractivity contribution in [3.8, 4) is 0 Å². The molecule has 21 heavy (non-hydrogen) atoms. The lowest BCUT2D eigenvalue weighted by Crippen LogP contribution is -2.38. The molecule has 0 aromatic heterocycles. The van der Waals surface area contributed by atoms with E-state index < -0.39 is 6.10 Å². The number of rotatable bonds is 2. The van der Waals surface area contributed by atoms with Crippen molar-refractivity contribution in [2.24, 2.45) is 0 Å². The van der Waals surface area contributed by atoms with Gasteiger partial charge in [0.05, 0.1) is 23.8 Å². The molecule has 1 unspecified atom stereocenters.